The van der Waals surface area contributed by atoms with Crippen LogP contribution in [0.15, 0.2) is 18.2 Å². The van der Waals surface area contributed by atoms with Crippen LogP contribution < -0.4 is 9.47 Å². The lowest BCUT2D eigenvalue weighted by atomic mass is 10.0. The lowest BCUT2D eigenvalue weighted by Gasteiger charge is -2.43. The zero-order chi connectivity index (χ0) is 19.7. The minimum absolute atomic E-state index is 0.305. The molecule has 0 unspecified atom stereocenters. The molecular weight excluding hydrogens is 380 g/mol. The van der Waals surface area contributed by atoms with Crippen LogP contribution in [0.5, 0.6) is 11.5 Å². The third-order valence-corrected chi connectivity index (χ3v) is 7.82. The SMILES string of the molecule is CN(C)S(=O)(=O)N1CCC[C@@H](N2CCN(Cc3ccc4c(c3)OCO4)CC2)C1. The van der Waals surface area contributed by atoms with Gasteiger partial charge in [0.2, 0.25) is 6.79 Å². The summed E-state index contributed by atoms with van der Waals surface area (Å²) in [6.07, 6.45) is 2.00. The van der Waals surface area contributed by atoms with Gasteiger partial charge < -0.3 is 9.47 Å². The summed E-state index contributed by atoms with van der Waals surface area (Å²) < 4.78 is 38.7. The Morgan fingerprint density at radius 1 is 1.07 bits per heavy atom. The van der Waals surface area contributed by atoms with Crippen LogP contribution in [-0.2, 0) is 16.8 Å². The van der Waals surface area contributed by atoms with Crippen LogP contribution in [0.1, 0.15) is 18.4 Å². The minimum atomic E-state index is -3.32. The monoisotopic (exact) mass is 410 g/mol. The summed E-state index contributed by atoms with van der Waals surface area (Å²) in [6.45, 7) is 6.37. The molecule has 0 radical (unpaired) electrons. The number of ether oxygens (including phenoxy) is 2. The van der Waals surface area contributed by atoms with Crippen molar-refractivity contribution in [3.8, 4) is 11.5 Å². The van der Waals surface area contributed by atoms with Crippen LogP contribution in [0, 0.1) is 0 Å². The predicted molar refractivity (Wildman–Crippen MR) is 107 cm³/mol. The fraction of sp³-hybridized carbons (Fsp3) is 0.684. The molecule has 0 saturated carbocycles. The van der Waals surface area contributed by atoms with Crippen LogP contribution in [-0.4, -0.2) is 93.0 Å². The van der Waals surface area contributed by atoms with Crippen LogP contribution in [0.4, 0.5) is 0 Å². The van der Waals surface area contributed by atoms with E-state index in [2.05, 4.69) is 21.9 Å². The van der Waals surface area contributed by atoms with Gasteiger partial charge in [-0.3, -0.25) is 9.80 Å². The van der Waals surface area contributed by atoms with Crippen LogP contribution in [0.25, 0.3) is 0 Å². The molecule has 0 spiro atoms. The first kappa shape index (κ1) is 19.9. The van der Waals surface area contributed by atoms with Gasteiger partial charge in [0.15, 0.2) is 11.5 Å². The van der Waals surface area contributed by atoms with Gasteiger partial charge in [-0.05, 0) is 30.5 Å². The lowest BCUT2D eigenvalue weighted by molar-refractivity contribution is 0.0666. The summed E-state index contributed by atoms with van der Waals surface area (Å²) in [6, 6.07) is 6.47. The molecule has 1 aromatic rings. The highest BCUT2D eigenvalue weighted by molar-refractivity contribution is 7.86. The van der Waals surface area contributed by atoms with E-state index in [1.165, 1.54) is 9.87 Å². The van der Waals surface area contributed by atoms with Crippen molar-refractivity contribution < 1.29 is 17.9 Å². The molecule has 28 heavy (non-hydrogen) atoms. The van der Waals surface area contributed by atoms with Crippen molar-refractivity contribution in [1.29, 1.82) is 0 Å². The first-order valence-electron chi connectivity index (χ1n) is 9.96. The topological polar surface area (TPSA) is 65.6 Å². The fourth-order valence-electron chi connectivity index (χ4n) is 4.24. The van der Waals surface area contributed by atoms with Gasteiger partial charge in [-0.2, -0.15) is 17.0 Å². The molecule has 0 amide bonds. The summed E-state index contributed by atoms with van der Waals surface area (Å²) >= 11 is 0. The van der Waals surface area contributed by atoms with Gasteiger partial charge in [0.25, 0.3) is 10.2 Å². The number of hydrogen-bond acceptors (Lipinski definition) is 6. The Hall–Kier alpha value is -1.39. The minimum Gasteiger partial charge on any atom is -0.454 e. The Balaban J connectivity index is 1.30. The smallest absolute Gasteiger partial charge is 0.281 e. The second-order valence-electron chi connectivity index (χ2n) is 7.94. The maximum atomic E-state index is 12.5. The maximum absolute atomic E-state index is 12.5. The standard InChI is InChI=1S/C19H30N4O4S/c1-20(2)28(24,25)23-7-3-4-17(14-23)22-10-8-21(9-11-22)13-16-5-6-18-19(12-16)27-15-26-18/h5-6,12,17H,3-4,7-11,13-15H2,1-2H3/t17-/m1/s1. The van der Waals surface area contributed by atoms with E-state index in [1.54, 1.807) is 18.4 Å². The number of nitrogens with zero attached hydrogens (tertiary/aromatic N) is 4. The van der Waals surface area contributed by atoms with Gasteiger partial charge in [-0.25, -0.2) is 0 Å². The van der Waals surface area contributed by atoms with E-state index in [0.717, 1.165) is 57.1 Å². The van der Waals surface area contributed by atoms with E-state index in [-0.39, 0.29) is 0 Å². The summed E-state index contributed by atoms with van der Waals surface area (Å²) in [5, 5.41) is 0. The number of piperazine rings is 1. The first-order chi connectivity index (χ1) is 13.4. The molecule has 0 N–H and O–H groups in total. The third-order valence-electron chi connectivity index (χ3n) is 5.91. The quantitative estimate of drug-likeness (QED) is 0.716. The molecule has 3 aliphatic rings. The highest BCUT2D eigenvalue weighted by Gasteiger charge is 2.34. The Bertz CT molecular complexity index is 793. The fourth-order valence-corrected chi connectivity index (χ4v) is 5.43. The zero-order valence-electron chi connectivity index (χ0n) is 16.7. The van der Waals surface area contributed by atoms with E-state index < -0.39 is 10.2 Å². The van der Waals surface area contributed by atoms with Crippen LogP contribution in [0.2, 0.25) is 0 Å². The van der Waals surface area contributed by atoms with Crippen molar-refractivity contribution in [1.82, 2.24) is 18.4 Å². The zero-order valence-corrected chi connectivity index (χ0v) is 17.5. The van der Waals surface area contributed by atoms with Crippen molar-refractivity contribution in [2.75, 3.05) is 60.2 Å². The van der Waals surface area contributed by atoms with E-state index in [4.69, 9.17) is 9.47 Å². The third kappa shape index (κ3) is 4.13. The molecule has 0 bridgehead atoms. The molecule has 0 aliphatic carbocycles. The summed E-state index contributed by atoms with van der Waals surface area (Å²) in [5.74, 6) is 1.66. The molecule has 2 fully saturated rings. The summed E-state index contributed by atoms with van der Waals surface area (Å²) in [4.78, 5) is 4.92. The number of benzene rings is 1. The molecular formula is C19H30N4O4S. The second kappa shape index (κ2) is 8.16. The highest BCUT2D eigenvalue weighted by Crippen LogP contribution is 2.33. The van der Waals surface area contributed by atoms with E-state index in [0.29, 0.717) is 25.9 Å². The number of piperidine rings is 1. The normalized spacial score (nSPS) is 24.8. The van der Waals surface area contributed by atoms with E-state index in [9.17, 15) is 8.42 Å². The molecule has 156 valence electrons. The average Bonchev–Trinajstić information content (AvgIpc) is 3.16. The largest absolute Gasteiger partial charge is 0.454 e. The Morgan fingerprint density at radius 2 is 1.82 bits per heavy atom. The Kier molecular flexibility index (Phi) is 5.80. The van der Waals surface area contributed by atoms with E-state index in [1.807, 2.05) is 6.07 Å². The lowest BCUT2D eigenvalue weighted by Crippen LogP contribution is -2.56. The Morgan fingerprint density at radius 3 is 2.57 bits per heavy atom. The van der Waals surface area contributed by atoms with Gasteiger partial charge in [0.1, 0.15) is 0 Å². The molecule has 3 heterocycles. The van der Waals surface area contributed by atoms with Gasteiger partial charge in [-0.15, -0.1) is 0 Å². The molecule has 0 aromatic heterocycles. The first-order valence-corrected chi connectivity index (χ1v) is 11.4. The molecule has 1 aromatic carbocycles. The second-order valence-corrected chi connectivity index (χ2v) is 10.1. The highest BCUT2D eigenvalue weighted by atomic mass is 32.2. The van der Waals surface area contributed by atoms with Crippen molar-refractivity contribution in [2.24, 2.45) is 0 Å². The Labute approximate surface area is 167 Å². The molecule has 2 saturated heterocycles. The average molecular weight is 411 g/mol. The van der Waals surface area contributed by atoms with Crippen molar-refractivity contribution in [3.05, 3.63) is 23.8 Å². The number of hydrogen-bond donors (Lipinski definition) is 0. The van der Waals surface area contributed by atoms with Gasteiger partial charge in [0.05, 0.1) is 0 Å². The van der Waals surface area contributed by atoms with Crippen LogP contribution >= 0.6 is 0 Å². The molecule has 1 atom stereocenters. The number of fused-ring (bicyclic) bond motifs is 1. The maximum Gasteiger partial charge on any atom is 0.281 e. The summed E-state index contributed by atoms with van der Waals surface area (Å²) in [7, 11) is -0.111. The van der Waals surface area contributed by atoms with Crippen LogP contribution in [0.3, 0.4) is 0 Å². The number of rotatable bonds is 5. The molecule has 8 nitrogen and oxygen atoms in total. The van der Waals surface area contributed by atoms with E-state index >= 15 is 0 Å². The molecule has 9 heteroatoms. The molecule has 4 rings (SSSR count). The van der Waals surface area contributed by atoms with Crippen molar-refractivity contribution in [3.63, 3.8) is 0 Å². The van der Waals surface area contributed by atoms with Gasteiger partial charge >= 0.3 is 0 Å². The van der Waals surface area contributed by atoms with Gasteiger partial charge in [-0.1, -0.05) is 6.07 Å². The van der Waals surface area contributed by atoms with Gasteiger partial charge in [0, 0.05) is 66.0 Å². The van der Waals surface area contributed by atoms with Crippen molar-refractivity contribution >= 4 is 10.2 Å². The molecule has 3 aliphatic heterocycles. The predicted octanol–water partition coefficient (Wildman–Crippen LogP) is 0.804. The summed E-state index contributed by atoms with van der Waals surface area (Å²) in [5.41, 5.74) is 1.23. The van der Waals surface area contributed by atoms with Crippen molar-refractivity contribution in [2.45, 2.75) is 25.4 Å².